The summed E-state index contributed by atoms with van der Waals surface area (Å²) in [6.45, 7) is 2.27. The van der Waals surface area contributed by atoms with Crippen LogP contribution in [-0.4, -0.2) is 30.4 Å². The Labute approximate surface area is 139 Å². The Morgan fingerprint density at radius 3 is 2.68 bits per heavy atom. The number of methoxy groups -OCH3 is 1. The fourth-order valence-electron chi connectivity index (χ4n) is 3.39. The molecule has 3 atom stereocenters. The van der Waals surface area contributed by atoms with E-state index in [2.05, 4.69) is 0 Å². The highest BCUT2D eigenvalue weighted by Gasteiger charge is 2.63. The molecule has 4 nitrogen and oxygen atoms in total. The molecule has 1 aromatic carbocycles. The first-order valence-corrected chi connectivity index (χ1v) is 7.99. The molecule has 0 aromatic heterocycles. The Morgan fingerprint density at radius 2 is 2.05 bits per heavy atom. The normalized spacial score (nSPS) is 33.2. The van der Waals surface area contributed by atoms with Gasteiger partial charge in [-0.3, -0.25) is 0 Å². The maximum Gasteiger partial charge on any atom is 0.338 e. The minimum Gasteiger partial charge on any atom is -0.467 e. The van der Waals surface area contributed by atoms with Crippen LogP contribution in [-0.2, 0) is 25.6 Å². The molecular weight excluding hydrogens is 327 g/mol. The predicted octanol–water partition coefficient (Wildman–Crippen LogP) is 3.76. The summed E-state index contributed by atoms with van der Waals surface area (Å²) in [5.41, 5.74) is -0.579. The Bertz CT molecular complexity index is 586. The molecule has 2 aliphatic rings. The lowest BCUT2D eigenvalue weighted by Crippen LogP contribution is -2.40. The molecule has 0 radical (unpaired) electrons. The number of hydrogen-bond acceptors (Lipinski definition) is 4. The molecule has 120 valence electrons. The van der Waals surface area contributed by atoms with Crippen molar-refractivity contribution in [3.05, 3.63) is 33.8 Å². The van der Waals surface area contributed by atoms with Crippen molar-refractivity contribution in [2.75, 3.05) is 7.11 Å². The number of fused-ring (bicyclic) bond motifs is 2. The van der Waals surface area contributed by atoms with Crippen LogP contribution in [0.2, 0.25) is 10.0 Å². The van der Waals surface area contributed by atoms with Crippen LogP contribution in [0.1, 0.15) is 31.7 Å². The first-order chi connectivity index (χ1) is 10.4. The standard InChI is InChI=1S/C16H18Cl2O4/c1-15-6-7-16(22-15,14(19)20-2)8-13(15)21-9-10-11(17)4-3-5-12(10)18/h3-5,13H,6-9H2,1-2H3. The Morgan fingerprint density at radius 1 is 1.36 bits per heavy atom. The van der Waals surface area contributed by atoms with E-state index in [-0.39, 0.29) is 12.1 Å². The van der Waals surface area contributed by atoms with Gasteiger partial charge in [0.15, 0.2) is 5.60 Å². The van der Waals surface area contributed by atoms with Crippen molar-refractivity contribution in [3.8, 4) is 0 Å². The molecule has 0 amide bonds. The highest BCUT2D eigenvalue weighted by molar-refractivity contribution is 6.35. The van der Waals surface area contributed by atoms with Crippen LogP contribution in [0, 0.1) is 0 Å². The molecule has 6 heteroatoms. The molecule has 1 aromatic rings. The summed E-state index contributed by atoms with van der Waals surface area (Å²) in [5.74, 6) is -0.321. The van der Waals surface area contributed by atoms with Crippen LogP contribution in [0.4, 0.5) is 0 Å². The molecule has 2 bridgehead atoms. The molecule has 2 saturated heterocycles. The lowest BCUT2D eigenvalue weighted by atomic mass is 9.80. The van der Waals surface area contributed by atoms with Gasteiger partial charge in [0.25, 0.3) is 0 Å². The van der Waals surface area contributed by atoms with Crippen molar-refractivity contribution < 1.29 is 19.0 Å². The second-order valence-corrected chi connectivity index (χ2v) is 6.92. The molecule has 2 fully saturated rings. The lowest BCUT2D eigenvalue weighted by molar-refractivity contribution is -0.166. The summed E-state index contributed by atoms with van der Waals surface area (Å²) in [6.07, 6.45) is 1.75. The predicted molar refractivity (Wildman–Crippen MR) is 83.1 cm³/mol. The van der Waals surface area contributed by atoms with Crippen molar-refractivity contribution in [2.45, 2.75) is 50.1 Å². The Kier molecular flexibility index (Phi) is 4.14. The van der Waals surface area contributed by atoms with E-state index in [1.165, 1.54) is 7.11 Å². The third-order valence-corrected chi connectivity index (χ3v) is 5.41. The molecule has 0 spiro atoms. The van der Waals surface area contributed by atoms with Gasteiger partial charge in [0, 0.05) is 22.0 Å². The van der Waals surface area contributed by atoms with Gasteiger partial charge in [-0.05, 0) is 31.9 Å². The number of esters is 1. The SMILES string of the molecule is COC(=O)C12CCC(C)(O1)C(OCc1c(Cl)cccc1Cl)C2. The quantitative estimate of drug-likeness (QED) is 0.780. The Hall–Kier alpha value is -0.810. The Balaban J connectivity index is 1.73. The summed E-state index contributed by atoms with van der Waals surface area (Å²) in [6, 6.07) is 5.35. The first kappa shape index (κ1) is 16.1. The van der Waals surface area contributed by atoms with Crippen molar-refractivity contribution in [1.29, 1.82) is 0 Å². The van der Waals surface area contributed by atoms with Gasteiger partial charge < -0.3 is 14.2 Å². The van der Waals surface area contributed by atoms with Crippen LogP contribution < -0.4 is 0 Å². The zero-order valence-electron chi connectivity index (χ0n) is 12.5. The fourth-order valence-corrected chi connectivity index (χ4v) is 3.89. The van der Waals surface area contributed by atoms with E-state index in [1.54, 1.807) is 18.2 Å². The third kappa shape index (κ3) is 2.52. The highest BCUT2D eigenvalue weighted by Crippen LogP contribution is 2.52. The van der Waals surface area contributed by atoms with E-state index >= 15 is 0 Å². The number of ether oxygens (including phenoxy) is 3. The third-order valence-electron chi connectivity index (χ3n) is 4.70. The summed E-state index contributed by atoms with van der Waals surface area (Å²) in [5, 5.41) is 1.15. The van der Waals surface area contributed by atoms with Gasteiger partial charge in [-0.15, -0.1) is 0 Å². The van der Waals surface area contributed by atoms with Crippen molar-refractivity contribution in [1.82, 2.24) is 0 Å². The number of benzene rings is 1. The van der Waals surface area contributed by atoms with Gasteiger partial charge in [0.2, 0.25) is 0 Å². The molecule has 2 heterocycles. The van der Waals surface area contributed by atoms with Gasteiger partial charge in [0.05, 0.1) is 25.4 Å². The van der Waals surface area contributed by atoms with Crippen LogP contribution >= 0.6 is 23.2 Å². The van der Waals surface area contributed by atoms with E-state index in [4.69, 9.17) is 37.4 Å². The average molecular weight is 345 g/mol. The lowest BCUT2D eigenvalue weighted by Gasteiger charge is -2.29. The van der Waals surface area contributed by atoms with Crippen LogP contribution in [0.5, 0.6) is 0 Å². The van der Waals surface area contributed by atoms with E-state index < -0.39 is 11.2 Å². The van der Waals surface area contributed by atoms with Crippen LogP contribution in [0.15, 0.2) is 18.2 Å². The summed E-state index contributed by atoms with van der Waals surface area (Å²) < 4.78 is 16.9. The monoisotopic (exact) mass is 344 g/mol. The van der Waals surface area contributed by atoms with Crippen LogP contribution in [0.3, 0.4) is 0 Å². The minimum absolute atomic E-state index is 0.187. The average Bonchev–Trinajstić information content (AvgIpc) is 2.98. The van der Waals surface area contributed by atoms with E-state index in [1.807, 2.05) is 6.92 Å². The van der Waals surface area contributed by atoms with Gasteiger partial charge in [-0.25, -0.2) is 4.79 Å². The molecule has 0 N–H and O–H groups in total. The molecule has 2 aliphatic heterocycles. The summed E-state index contributed by atoms with van der Waals surface area (Å²) >= 11 is 12.3. The number of carbonyl (C=O) groups is 1. The molecule has 3 unspecified atom stereocenters. The maximum absolute atomic E-state index is 12.0. The maximum atomic E-state index is 12.0. The smallest absolute Gasteiger partial charge is 0.338 e. The van der Waals surface area contributed by atoms with Gasteiger partial charge in [-0.1, -0.05) is 29.3 Å². The molecule has 3 rings (SSSR count). The summed E-state index contributed by atoms with van der Waals surface area (Å²) in [4.78, 5) is 12.0. The molecule has 0 saturated carbocycles. The number of carbonyl (C=O) groups excluding carboxylic acids is 1. The molecular formula is C16H18Cl2O4. The fraction of sp³-hybridized carbons (Fsp3) is 0.562. The molecule has 0 aliphatic carbocycles. The molecule has 22 heavy (non-hydrogen) atoms. The number of hydrogen-bond donors (Lipinski definition) is 0. The van der Waals surface area contributed by atoms with Gasteiger partial charge in [0.1, 0.15) is 0 Å². The van der Waals surface area contributed by atoms with Gasteiger partial charge in [-0.2, -0.15) is 0 Å². The van der Waals surface area contributed by atoms with E-state index in [0.717, 1.165) is 12.0 Å². The second kappa shape index (κ2) is 5.68. The number of halogens is 2. The largest absolute Gasteiger partial charge is 0.467 e. The van der Waals surface area contributed by atoms with E-state index in [9.17, 15) is 4.79 Å². The number of rotatable bonds is 4. The zero-order chi connectivity index (χ0) is 16.0. The van der Waals surface area contributed by atoms with Crippen LogP contribution in [0.25, 0.3) is 0 Å². The summed E-state index contributed by atoms with van der Waals surface area (Å²) in [7, 11) is 1.38. The van der Waals surface area contributed by atoms with Crippen molar-refractivity contribution >= 4 is 29.2 Å². The van der Waals surface area contributed by atoms with Crippen molar-refractivity contribution in [3.63, 3.8) is 0 Å². The highest BCUT2D eigenvalue weighted by atomic mass is 35.5. The zero-order valence-corrected chi connectivity index (χ0v) is 14.0. The van der Waals surface area contributed by atoms with Crippen molar-refractivity contribution in [2.24, 2.45) is 0 Å². The topological polar surface area (TPSA) is 44.8 Å². The first-order valence-electron chi connectivity index (χ1n) is 7.23. The van der Waals surface area contributed by atoms with Gasteiger partial charge >= 0.3 is 5.97 Å². The van der Waals surface area contributed by atoms with E-state index in [0.29, 0.717) is 29.5 Å². The second-order valence-electron chi connectivity index (χ2n) is 6.10. The minimum atomic E-state index is -0.863.